The molecule has 0 saturated carbocycles. The lowest BCUT2D eigenvalue weighted by Crippen LogP contribution is -2.02. The fourth-order valence-corrected chi connectivity index (χ4v) is 1.08. The Morgan fingerprint density at radius 2 is 1.89 bits per heavy atom. The van der Waals surface area contributed by atoms with E-state index in [0.717, 1.165) is 11.8 Å². The van der Waals surface area contributed by atoms with Crippen molar-refractivity contribution in [2.45, 2.75) is 34.1 Å². The van der Waals surface area contributed by atoms with Crippen molar-refractivity contribution >= 4 is 0 Å². The van der Waals surface area contributed by atoms with Gasteiger partial charge in [-0.3, -0.25) is 0 Å². The van der Waals surface area contributed by atoms with Gasteiger partial charge in [-0.25, -0.2) is 0 Å². The maximum atomic E-state index is 2.30. The van der Waals surface area contributed by atoms with E-state index in [9.17, 15) is 0 Å². The van der Waals surface area contributed by atoms with Gasteiger partial charge in [-0.1, -0.05) is 32.9 Å². The Balaban J connectivity index is 3.68. The van der Waals surface area contributed by atoms with Gasteiger partial charge in [-0.05, 0) is 25.2 Å². The minimum Gasteiger partial charge on any atom is -0.0914 e. The topological polar surface area (TPSA) is 0 Å². The second-order valence-corrected chi connectivity index (χ2v) is 2.84. The summed E-state index contributed by atoms with van der Waals surface area (Å²) in [5.74, 6) is 1.58. The molecule has 0 aliphatic carbocycles. The summed E-state index contributed by atoms with van der Waals surface area (Å²) in [5.41, 5.74) is 0. The van der Waals surface area contributed by atoms with Gasteiger partial charge in [-0.2, -0.15) is 0 Å². The van der Waals surface area contributed by atoms with E-state index in [-0.39, 0.29) is 0 Å². The molecule has 0 radical (unpaired) electrons. The van der Waals surface area contributed by atoms with Crippen molar-refractivity contribution in [1.29, 1.82) is 0 Å². The summed E-state index contributed by atoms with van der Waals surface area (Å²) in [5, 5.41) is 0. The molecule has 0 saturated heterocycles. The first-order valence-corrected chi connectivity index (χ1v) is 3.85. The van der Waals surface area contributed by atoms with E-state index in [1.165, 1.54) is 6.42 Å². The third-order valence-electron chi connectivity index (χ3n) is 1.77. The molecule has 0 heteroatoms. The van der Waals surface area contributed by atoms with Crippen LogP contribution >= 0.6 is 0 Å². The lowest BCUT2D eigenvalue weighted by molar-refractivity contribution is 0.453. The predicted molar refractivity (Wildman–Crippen MR) is 43.4 cm³/mol. The molecule has 0 rings (SSSR count). The summed E-state index contributed by atoms with van der Waals surface area (Å²) >= 11 is 0. The quantitative estimate of drug-likeness (QED) is 0.509. The van der Waals surface area contributed by atoms with Gasteiger partial charge in [-0.15, -0.1) is 0 Å². The highest BCUT2D eigenvalue weighted by Crippen LogP contribution is 2.15. The van der Waals surface area contributed by atoms with Crippen LogP contribution in [-0.4, -0.2) is 0 Å². The Labute approximate surface area is 59.0 Å². The fourth-order valence-electron chi connectivity index (χ4n) is 1.08. The standard InChI is InChI=1S/C9H18/c1-5-7-9(6-2)8(3)4/h5,7-9H,6H2,1-4H3/b7-5-/t9-/m0/s1. The zero-order chi connectivity index (χ0) is 7.28. The summed E-state index contributed by atoms with van der Waals surface area (Å²) in [6, 6.07) is 0. The largest absolute Gasteiger partial charge is 0.0914 e. The van der Waals surface area contributed by atoms with Crippen molar-refractivity contribution in [3.8, 4) is 0 Å². The van der Waals surface area contributed by atoms with Crippen molar-refractivity contribution in [2.75, 3.05) is 0 Å². The van der Waals surface area contributed by atoms with Crippen LogP contribution in [0.2, 0.25) is 0 Å². The van der Waals surface area contributed by atoms with E-state index in [2.05, 4.69) is 39.8 Å². The maximum Gasteiger partial charge on any atom is -0.0213 e. The highest BCUT2D eigenvalue weighted by molar-refractivity contribution is 4.86. The summed E-state index contributed by atoms with van der Waals surface area (Å²) in [4.78, 5) is 0. The molecule has 0 amide bonds. The smallest absolute Gasteiger partial charge is 0.0213 e. The molecule has 0 aliphatic rings. The molecule has 1 atom stereocenters. The summed E-state index contributed by atoms with van der Waals surface area (Å²) in [6.45, 7) is 8.87. The molecule has 0 aromatic rings. The molecule has 54 valence electrons. The second-order valence-electron chi connectivity index (χ2n) is 2.84. The molecule has 0 bridgehead atoms. The van der Waals surface area contributed by atoms with E-state index >= 15 is 0 Å². The monoisotopic (exact) mass is 126 g/mol. The van der Waals surface area contributed by atoms with Crippen LogP contribution in [0.4, 0.5) is 0 Å². The molecular weight excluding hydrogens is 108 g/mol. The summed E-state index contributed by atoms with van der Waals surface area (Å²) in [7, 11) is 0. The average molecular weight is 126 g/mol. The third-order valence-corrected chi connectivity index (χ3v) is 1.77. The first-order chi connectivity index (χ1) is 4.22. The fraction of sp³-hybridized carbons (Fsp3) is 0.778. The summed E-state index contributed by atoms with van der Waals surface area (Å²) in [6.07, 6.45) is 5.71. The molecule has 0 fully saturated rings. The predicted octanol–water partition coefficient (Wildman–Crippen LogP) is 3.24. The molecule has 0 aromatic carbocycles. The lowest BCUT2D eigenvalue weighted by Gasteiger charge is -2.13. The van der Waals surface area contributed by atoms with Crippen LogP contribution in [-0.2, 0) is 0 Å². The highest BCUT2D eigenvalue weighted by Gasteiger charge is 2.04. The van der Waals surface area contributed by atoms with Gasteiger partial charge in [0.15, 0.2) is 0 Å². The Morgan fingerprint density at radius 3 is 2.00 bits per heavy atom. The number of hydrogen-bond donors (Lipinski definition) is 0. The van der Waals surface area contributed by atoms with E-state index < -0.39 is 0 Å². The molecule has 0 aliphatic heterocycles. The van der Waals surface area contributed by atoms with Gasteiger partial charge in [0.2, 0.25) is 0 Å². The first-order valence-electron chi connectivity index (χ1n) is 3.85. The Bertz CT molecular complexity index is 80.0. The SMILES string of the molecule is C/C=C\[C@H](CC)C(C)C. The van der Waals surface area contributed by atoms with Gasteiger partial charge in [0.05, 0.1) is 0 Å². The third kappa shape index (κ3) is 3.34. The van der Waals surface area contributed by atoms with Crippen molar-refractivity contribution in [3.63, 3.8) is 0 Å². The van der Waals surface area contributed by atoms with Gasteiger partial charge in [0.25, 0.3) is 0 Å². The molecule has 0 aromatic heterocycles. The molecule has 9 heavy (non-hydrogen) atoms. The normalized spacial score (nSPS) is 15.2. The number of hydrogen-bond acceptors (Lipinski definition) is 0. The highest BCUT2D eigenvalue weighted by atomic mass is 14.1. The van der Waals surface area contributed by atoms with E-state index in [0.29, 0.717) is 0 Å². The molecule has 0 nitrogen and oxygen atoms in total. The van der Waals surface area contributed by atoms with Crippen LogP contribution in [0.1, 0.15) is 34.1 Å². The van der Waals surface area contributed by atoms with Crippen molar-refractivity contribution < 1.29 is 0 Å². The van der Waals surface area contributed by atoms with Gasteiger partial charge in [0, 0.05) is 0 Å². The second kappa shape index (κ2) is 4.60. The zero-order valence-electron chi connectivity index (χ0n) is 7.02. The van der Waals surface area contributed by atoms with Gasteiger partial charge >= 0.3 is 0 Å². The first kappa shape index (κ1) is 8.74. The van der Waals surface area contributed by atoms with Crippen LogP contribution in [0.3, 0.4) is 0 Å². The Morgan fingerprint density at radius 1 is 1.33 bits per heavy atom. The minimum absolute atomic E-state index is 0.787. The van der Waals surface area contributed by atoms with E-state index in [4.69, 9.17) is 0 Å². The number of rotatable bonds is 3. The Kier molecular flexibility index (Phi) is 4.47. The van der Waals surface area contributed by atoms with Crippen LogP contribution in [0.15, 0.2) is 12.2 Å². The Hall–Kier alpha value is -0.260. The molecule has 0 N–H and O–H groups in total. The maximum absolute atomic E-state index is 2.30. The van der Waals surface area contributed by atoms with Crippen molar-refractivity contribution in [3.05, 3.63) is 12.2 Å². The van der Waals surface area contributed by atoms with Crippen LogP contribution in [0.5, 0.6) is 0 Å². The van der Waals surface area contributed by atoms with E-state index in [1.807, 2.05) is 0 Å². The van der Waals surface area contributed by atoms with Crippen LogP contribution < -0.4 is 0 Å². The lowest BCUT2D eigenvalue weighted by atomic mass is 9.93. The average Bonchev–Trinajstić information content (AvgIpc) is 1.82. The van der Waals surface area contributed by atoms with Gasteiger partial charge < -0.3 is 0 Å². The van der Waals surface area contributed by atoms with Crippen molar-refractivity contribution in [2.24, 2.45) is 11.8 Å². The van der Waals surface area contributed by atoms with Crippen LogP contribution in [0, 0.1) is 11.8 Å². The molecule has 0 unspecified atom stereocenters. The van der Waals surface area contributed by atoms with E-state index in [1.54, 1.807) is 0 Å². The van der Waals surface area contributed by atoms with Gasteiger partial charge in [0.1, 0.15) is 0 Å². The van der Waals surface area contributed by atoms with Crippen molar-refractivity contribution in [1.82, 2.24) is 0 Å². The number of allylic oxidation sites excluding steroid dienone is 2. The molecule has 0 spiro atoms. The molecule has 0 heterocycles. The molecular formula is C9H18. The summed E-state index contributed by atoms with van der Waals surface area (Å²) < 4.78 is 0. The van der Waals surface area contributed by atoms with Crippen LogP contribution in [0.25, 0.3) is 0 Å². The minimum atomic E-state index is 0.787. The zero-order valence-corrected chi connectivity index (χ0v) is 7.02.